The standard InChI is InChI=1S/C19H27NO/c1-3-13-20(14-4-2)15-12-19(21)18-11-7-9-16-8-5-6-10-17(16)18/h5-11,19,21H,3-4,12-15H2,1-2H3. The second kappa shape index (κ2) is 8.16. The molecular formula is C19H27NO. The number of nitrogens with zero attached hydrogens (tertiary/aromatic N) is 1. The zero-order valence-corrected chi connectivity index (χ0v) is 13.3. The average Bonchev–Trinajstić information content (AvgIpc) is 2.52. The number of fused-ring (bicyclic) bond motifs is 1. The second-order valence-electron chi connectivity index (χ2n) is 5.71. The minimum absolute atomic E-state index is 0.382. The van der Waals surface area contributed by atoms with Crippen LogP contribution in [0.2, 0.25) is 0 Å². The van der Waals surface area contributed by atoms with Crippen molar-refractivity contribution >= 4 is 10.8 Å². The lowest BCUT2D eigenvalue weighted by Crippen LogP contribution is -2.27. The van der Waals surface area contributed by atoms with Gasteiger partial charge in [0.2, 0.25) is 0 Å². The molecule has 0 fully saturated rings. The molecule has 0 spiro atoms. The van der Waals surface area contributed by atoms with Crippen molar-refractivity contribution < 1.29 is 5.11 Å². The lowest BCUT2D eigenvalue weighted by molar-refractivity contribution is 0.143. The van der Waals surface area contributed by atoms with Gasteiger partial charge in [0, 0.05) is 6.54 Å². The molecule has 1 N–H and O–H groups in total. The van der Waals surface area contributed by atoms with Gasteiger partial charge in [-0.25, -0.2) is 0 Å². The molecule has 2 aromatic rings. The van der Waals surface area contributed by atoms with Crippen LogP contribution in [0.5, 0.6) is 0 Å². The highest BCUT2D eigenvalue weighted by atomic mass is 16.3. The molecule has 0 saturated heterocycles. The summed E-state index contributed by atoms with van der Waals surface area (Å²) in [6.45, 7) is 7.63. The first-order valence-electron chi connectivity index (χ1n) is 8.14. The van der Waals surface area contributed by atoms with Crippen LogP contribution in [-0.4, -0.2) is 29.6 Å². The molecule has 2 nitrogen and oxygen atoms in total. The topological polar surface area (TPSA) is 23.5 Å². The molecule has 1 unspecified atom stereocenters. The fourth-order valence-corrected chi connectivity index (χ4v) is 2.97. The zero-order chi connectivity index (χ0) is 15.1. The van der Waals surface area contributed by atoms with Crippen LogP contribution in [0, 0.1) is 0 Å². The summed E-state index contributed by atoms with van der Waals surface area (Å²) in [4.78, 5) is 2.45. The van der Waals surface area contributed by atoms with Gasteiger partial charge >= 0.3 is 0 Å². The van der Waals surface area contributed by atoms with E-state index >= 15 is 0 Å². The summed E-state index contributed by atoms with van der Waals surface area (Å²) < 4.78 is 0. The summed E-state index contributed by atoms with van der Waals surface area (Å²) in [5, 5.41) is 13.0. The quantitative estimate of drug-likeness (QED) is 0.777. The molecule has 0 radical (unpaired) electrons. The highest BCUT2D eigenvalue weighted by molar-refractivity contribution is 5.85. The predicted octanol–water partition coefficient (Wildman–Crippen LogP) is 4.39. The van der Waals surface area contributed by atoms with E-state index in [0.717, 1.165) is 31.6 Å². The molecule has 1 atom stereocenters. The fourth-order valence-electron chi connectivity index (χ4n) is 2.97. The molecule has 0 amide bonds. The van der Waals surface area contributed by atoms with Gasteiger partial charge in [-0.05, 0) is 48.7 Å². The Morgan fingerprint density at radius 3 is 2.29 bits per heavy atom. The lowest BCUT2D eigenvalue weighted by atomic mass is 9.98. The molecule has 2 rings (SSSR count). The summed E-state index contributed by atoms with van der Waals surface area (Å²) in [5.74, 6) is 0. The molecule has 0 aliphatic rings. The molecule has 2 heteroatoms. The van der Waals surface area contributed by atoms with Crippen LogP contribution >= 0.6 is 0 Å². The Bertz CT molecular complexity index is 541. The summed E-state index contributed by atoms with van der Waals surface area (Å²) in [6, 6.07) is 14.5. The first-order chi connectivity index (χ1) is 10.3. The minimum atomic E-state index is -0.382. The van der Waals surface area contributed by atoms with Crippen LogP contribution in [0.4, 0.5) is 0 Å². The number of hydrogen-bond donors (Lipinski definition) is 1. The van der Waals surface area contributed by atoms with Gasteiger partial charge in [0.05, 0.1) is 6.10 Å². The van der Waals surface area contributed by atoms with Crippen LogP contribution in [-0.2, 0) is 0 Å². The van der Waals surface area contributed by atoms with Crippen LogP contribution in [0.1, 0.15) is 44.8 Å². The summed E-state index contributed by atoms with van der Waals surface area (Å²) >= 11 is 0. The first-order valence-corrected chi connectivity index (χ1v) is 8.14. The lowest BCUT2D eigenvalue weighted by Gasteiger charge is -2.23. The van der Waals surface area contributed by atoms with E-state index in [1.807, 2.05) is 18.2 Å². The molecule has 21 heavy (non-hydrogen) atoms. The number of hydrogen-bond acceptors (Lipinski definition) is 2. The number of rotatable bonds is 8. The van der Waals surface area contributed by atoms with Gasteiger partial charge in [-0.3, -0.25) is 0 Å². The third kappa shape index (κ3) is 4.29. The van der Waals surface area contributed by atoms with Crippen LogP contribution in [0.25, 0.3) is 10.8 Å². The van der Waals surface area contributed by atoms with Crippen molar-refractivity contribution in [2.45, 2.75) is 39.2 Å². The third-order valence-electron chi connectivity index (χ3n) is 3.98. The SMILES string of the molecule is CCCN(CCC)CCC(O)c1cccc2ccccc12. The van der Waals surface area contributed by atoms with Crippen molar-refractivity contribution in [3.63, 3.8) is 0 Å². The second-order valence-corrected chi connectivity index (χ2v) is 5.71. The minimum Gasteiger partial charge on any atom is -0.388 e. The van der Waals surface area contributed by atoms with Crippen molar-refractivity contribution in [3.05, 3.63) is 48.0 Å². The van der Waals surface area contributed by atoms with Crippen molar-refractivity contribution in [2.24, 2.45) is 0 Å². The van der Waals surface area contributed by atoms with Gasteiger partial charge in [-0.1, -0.05) is 56.3 Å². The van der Waals surface area contributed by atoms with Crippen LogP contribution < -0.4 is 0 Å². The first kappa shape index (κ1) is 16.0. The maximum Gasteiger partial charge on any atom is 0.0808 e. The average molecular weight is 285 g/mol. The summed E-state index contributed by atoms with van der Waals surface area (Å²) in [5.41, 5.74) is 1.06. The maximum atomic E-state index is 10.6. The Labute approximate surface area is 128 Å². The molecule has 0 aliphatic heterocycles. The Kier molecular flexibility index (Phi) is 6.21. The van der Waals surface area contributed by atoms with E-state index in [1.165, 1.54) is 23.6 Å². The number of aliphatic hydroxyl groups is 1. The van der Waals surface area contributed by atoms with E-state index in [0.29, 0.717) is 0 Å². The number of benzene rings is 2. The zero-order valence-electron chi connectivity index (χ0n) is 13.3. The van der Waals surface area contributed by atoms with E-state index in [2.05, 4.69) is 43.0 Å². The van der Waals surface area contributed by atoms with E-state index in [-0.39, 0.29) is 6.10 Å². The molecule has 0 heterocycles. The Morgan fingerprint density at radius 1 is 0.905 bits per heavy atom. The highest BCUT2D eigenvalue weighted by Gasteiger charge is 2.12. The largest absolute Gasteiger partial charge is 0.388 e. The predicted molar refractivity (Wildman–Crippen MR) is 90.5 cm³/mol. The Morgan fingerprint density at radius 2 is 1.57 bits per heavy atom. The number of aliphatic hydroxyl groups excluding tert-OH is 1. The molecule has 0 aliphatic carbocycles. The maximum absolute atomic E-state index is 10.6. The van der Waals surface area contributed by atoms with Crippen molar-refractivity contribution in [1.82, 2.24) is 4.90 Å². The van der Waals surface area contributed by atoms with E-state index in [9.17, 15) is 5.11 Å². The van der Waals surface area contributed by atoms with E-state index in [4.69, 9.17) is 0 Å². The van der Waals surface area contributed by atoms with Crippen LogP contribution in [0.15, 0.2) is 42.5 Å². The molecule has 0 bridgehead atoms. The van der Waals surface area contributed by atoms with Gasteiger partial charge < -0.3 is 10.0 Å². The fraction of sp³-hybridized carbons (Fsp3) is 0.474. The molecular weight excluding hydrogens is 258 g/mol. The van der Waals surface area contributed by atoms with Crippen molar-refractivity contribution in [2.75, 3.05) is 19.6 Å². The summed E-state index contributed by atoms with van der Waals surface area (Å²) in [7, 11) is 0. The van der Waals surface area contributed by atoms with Crippen molar-refractivity contribution in [3.8, 4) is 0 Å². The highest BCUT2D eigenvalue weighted by Crippen LogP contribution is 2.26. The molecule has 0 saturated carbocycles. The Hall–Kier alpha value is -1.38. The molecule has 0 aromatic heterocycles. The van der Waals surface area contributed by atoms with Crippen molar-refractivity contribution in [1.29, 1.82) is 0 Å². The third-order valence-corrected chi connectivity index (χ3v) is 3.98. The Balaban J connectivity index is 2.06. The van der Waals surface area contributed by atoms with Gasteiger partial charge in [-0.15, -0.1) is 0 Å². The van der Waals surface area contributed by atoms with Gasteiger partial charge in [0.15, 0.2) is 0 Å². The molecule has 114 valence electrons. The monoisotopic (exact) mass is 285 g/mol. The van der Waals surface area contributed by atoms with E-state index in [1.54, 1.807) is 0 Å². The smallest absolute Gasteiger partial charge is 0.0808 e. The van der Waals surface area contributed by atoms with Gasteiger partial charge in [0.25, 0.3) is 0 Å². The van der Waals surface area contributed by atoms with Gasteiger partial charge in [-0.2, -0.15) is 0 Å². The normalized spacial score (nSPS) is 13.0. The van der Waals surface area contributed by atoms with E-state index < -0.39 is 0 Å². The summed E-state index contributed by atoms with van der Waals surface area (Å²) in [6.07, 6.45) is 2.76. The molecule has 2 aromatic carbocycles. The van der Waals surface area contributed by atoms with Gasteiger partial charge in [0.1, 0.15) is 0 Å². The van der Waals surface area contributed by atoms with Crippen LogP contribution in [0.3, 0.4) is 0 Å².